The minimum absolute atomic E-state index is 0.587. The van der Waals surface area contributed by atoms with Crippen molar-refractivity contribution in [3.63, 3.8) is 0 Å². The minimum atomic E-state index is 0.587. The molecule has 0 aromatic carbocycles. The molecule has 17 heavy (non-hydrogen) atoms. The molecule has 0 unspecified atom stereocenters. The summed E-state index contributed by atoms with van der Waals surface area (Å²) in [6.45, 7) is 0.933. The van der Waals surface area contributed by atoms with E-state index in [0.29, 0.717) is 16.9 Å². The summed E-state index contributed by atoms with van der Waals surface area (Å²) in [6.07, 6.45) is 6.53. The van der Waals surface area contributed by atoms with Crippen LogP contribution in [0.4, 0.5) is 5.82 Å². The minimum Gasteiger partial charge on any atom is -0.352 e. The SMILES string of the molecule is ClCCCN(c1ncc(Br)cc1Cl)C1CCC1. The lowest BCUT2D eigenvalue weighted by Crippen LogP contribution is -2.41. The predicted molar refractivity (Wildman–Crippen MR) is 77.3 cm³/mol. The third-order valence-electron chi connectivity index (χ3n) is 3.11. The average molecular weight is 338 g/mol. The van der Waals surface area contributed by atoms with E-state index in [1.807, 2.05) is 6.07 Å². The van der Waals surface area contributed by atoms with Crippen LogP contribution < -0.4 is 4.90 Å². The first-order valence-electron chi connectivity index (χ1n) is 5.86. The van der Waals surface area contributed by atoms with Gasteiger partial charge in [-0.1, -0.05) is 11.6 Å². The molecular formula is C12H15BrCl2N2. The van der Waals surface area contributed by atoms with Gasteiger partial charge in [-0.2, -0.15) is 0 Å². The number of hydrogen-bond donors (Lipinski definition) is 0. The van der Waals surface area contributed by atoms with Gasteiger partial charge >= 0.3 is 0 Å². The number of halogens is 3. The maximum Gasteiger partial charge on any atom is 0.147 e. The van der Waals surface area contributed by atoms with Crippen molar-refractivity contribution in [3.8, 4) is 0 Å². The molecule has 0 spiro atoms. The molecule has 1 aromatic rings. The lowest BCUT2D eigenvalue weighted by Gasteiger charge is -2.38. The maximum absolute atomic E-state index is 6.26. The third-order valence-corrected chi connectivity index (χ3v) is 4.09. The summed E-state index contributed by atoms with van der Waals surface area (Å²) in [5, 5.41) is 0.709. The van der Waals surface area contributed by atoms with Crippen LogP contribution in [0.2, 0.25) is 5.02 Å². The van der Waals surface area contributed by atoms with Gasteiger partial charge < -0.3 is 4.90 Å². The standard InChI is InChI=1S/C12H15BrCl2N2/c13-9-7-11(15)12(16-8-9)17(6-2-5-14)10-3-1-4-10/h7-8,10H,1-6H2. The highest BCUT2D eigenvalue weighted by Crippen LogP contribution is 2.33. The van der Waals surface area contributed by atoms with Crippen molar-refractivity contribution in [2.45, 2.75) is 31.7 Å². The first-order chi connectivity index (χ1) is 8.22. The molecule has 5 heteroatoms. The molecule has 2 rings (SSSR count). The van der Waals surface area contributed by atoms with Crippen LogP contribution in [0.3, 0.4) is 0 Å². The first-order valence-corrected chi connectivity index (χ1v) is 7.56. The predicted octanol–water partition coefficient (Wildman–Crippen LogP) is 4.49. The van der Waals surface area contributed by atoms with E-state index >= 15 is 0 Å². The highest BCUT2D eigenvalue weighted by Gasteiger charge is 2.26. The summed E-state index contributed by atoms with van der Waals surface area (Å²) in [6, 6.07) is 2.49. The summed E-state index contributed by atoms with van der Waals surface area (Å²) in [5.74, 6) is 1.57. The van der Waals surface area contributed by atoms with Crippen molar-refractivity contribution in [3.05, 3.63) is 21.8 Å². The van der Waals surface area contributed by atoms with E-state index in [9.17, 15) is 0 Å². The molecule has 0 amide bonds. The molecular weight excluding hydrogens is 323 g/mol. The smallest absolute Gasteiger partial charge is 0.147 e. The lowest BCUT2D eigenvalue weighted by atomic mass is 9.91. The van der Waals surface area contributed by atoms with E-state index in [0.717, 1.165) is 23.3 Å². The fourth-order valence-electron chi connectivity index (χ4n) is 2.01. The fourth-order valence-corrected chi connectivity index (χ4v) is 2.87. The third kappa shape index (κ3) is 3.27. The van der Waals surface area contributed by atoms with Gasteiger partial charge in [0, 0.05) is 29.1 Å². The van der Waals surface area contributed by atoms with Gasteiger partial charge in [0.05, 0.1) is 5.02 Å². The van der Waals surface area contributed by atoms with Crippen LogP contribution in [0.1, 0.15) is 25.7 Å². The second-order valence-electron chi connectivity index (χ2n) is 4.28. The lowest BCUT2D eigenvalue weighted by molar-refractivity contribution is 0.384. The van der Waals surface area contributed by atoms with Crippen LogP contribution in [0.5, 0.6) is 0 Å². The molecule has 1 heterocycles. The van der Waals surface area contributed by atoms with Crippen LogP contribution in [-0.4, -0.2) is 23.5 Å². The van der Waals surface area contributed by atoms with Gasteiger partial charge in [-0.3, -0.25) is 0 Å². The summed E-state index contributed by atoms with van der Waals surface area (Å²) < 4.78 is 0.914. The van der Waals surface area contributed by atoms with Gasteiger partial charge in [-0.25, -0.2) is 4.98 Å². The molecule has 94 valence electrons. The quantitative estimate of drug-likeness (QED) is 0.736. The average Bonchev–Trinajstić information content (AvgIpc) is 2.22. The second kappa shape index (κ2) is 6.26. The van der Waals surface area contributed by atoms with Gasteiger partial charge in [-0.05, 0) is 47.7 Å². The van der Waals surface area contributed by atoms with Crippen molar-refractivity contribution in [1.29, 1.82) is 0 Å². The number of nitrogens with zero attached hydrogens (tertiary/aromatic N) is 2. The zero-order valence-electron chi connectivity index (χ0n) is 9.50. The van der Waals surface area contributed by atoms with E-state index in [1.165, 1.54) is 19.3 Å². The fraction of sp³-hybridized carbons (Fsp3) is 0.583. The molecule has 0 radical (unpaired) electrons. The molecule has 0 atom stereocenters. The molecule has 0 N–H and O–H groups in total. The molecule has 0 aliphatic heterocycles. The maximum atomic E-state index is 6.26. The van der Waals surface area contributed by atoms with Crippen molar-refractivity contribution in [1.82, 2.24) is 4.98 Å². The van der Waals surface area contributed by atoms with Crippen molar-refractivity contribution in [2.24, 2.45) is 0 Å². The molecule has 1 fully saturated rings. The first kappa shape index (κ1) is 13.4. The highest BCUT2D eigenvalue weighted by atomic mass is 79.9. The zero-order valence-corrected chi connectivity index (χ0v) is 12.6. The Hall–Kier alpha value is 0.01000. The Morgan fingerprint density at radius 1 is 1.47 bits per heavy atom. The van der Waals surface area contributed by atoms with Gasteiger partial charge in [0.2, 0.25) is 0 Å². The summed E-state index contributed by atoms with van der Waals surface area (Å²) >= 11 is 15.4. The zero-order chi connectivity index (χ0) is 12.3. The number of pyridine rings is 1. The van der Waals surface area contributed by atoms with Crippen LogP contribution in [0.15, 0.2) is 16.7 Å². The van der Waals surface area contributed by atoms with Crippen molar-refractivity contribution < 1.29 is 0 Å². The molecule has 1 aromatic heterocycles. The molecule has 0 saturated heterocycles. The second-order valence-corrected chi connectivity index (χ2v) is 5.98. The Morgan fingerprint density at radius 3 is 2.76 bits per heavy atom. The Bertz CT molecular complexity index is 383. The summed E-state index contributed by atoms with van der Waals surface area (Å²) in [7, 11) is 0. The Morgan fingerprint density at radius 2 is 2.24 bits per heavy atom. The Kier molecular flexibility index (Phi) is 4.95. The molecule has 0 bridgehead atoms. The highest BCUT2D eigenvalue weighted by molar-refractivity contribution is 9.10. The molecule has 1 aliphatic carbocycles. The van der Waals surface area contributed by atoms with Crippen molar-refractivity contribution in [2.75, 3.05) is 17.3 Å². The van der Waals surface area contributed by atoms with Crippen LogP contribution in [-0.2, 0) is 0 Å². The largest absolute Gasteiger partial charge is 0.352 e. The number of hydrogen-bond acceptors (Lipinski definition) is 2. The topological polar surface area (TPSA) is 16.1 Å². The van der Waals surface area contributed by atoms with E-state index in [-0.39, 0.29) is 0 Å². The monoisotopic (exact) mass is 336 g/mol. The summed E-state index contributed by atoms with van der Waals surface area (Å²) in [5.41, 5.74) is 0. The van der Waals surface area contributed by atoms with E-state index < -0.39 is 0 Å². The number of anilines is 1. The molecule has 1 saturated carbocycles. The van der Waals surface area contributed by atoms with Crippen LogP contribution in [0, 0.1) is 0 Å². The van der Waals surface area contributed by atoms with Gasteiger partial charge in [0.25, 0.3) is 0 Å². The molecule has 2 nitrogen and oxygen atoms in total. The number of aromatic nitrogens is 1. The van der Waals surface area contributed by atoms with Crippen LogP contribution >= 0.6 is 39.1 Å². The van der Waals surface area contributed by atoms with E-state index in [1.54, 1.807) is 6.20 Å². The van der Waals surface area contributed by atoms with Gasteiger partial charge in [0.1, 0.15) is 5.82 Å². The van der Waals surface area contributed by atoms with Gasteiger partial charge in [0.15, 0.2) is 0 Å². The van der Waals surface area contributed by atoms with Crippen LogP contribution in [0.25, 0.3) is 0 Å². The molecule has 1 aliphatic rings. The number of alkyl halides is 1. The van der Waals surface area contributed by atoms with Crippen molar-refractivity contribution >= 4 is 44.9 Å². The number of rotatable bonds is 5. The Balaban J connectivity index is 2.17. The normalized spacial score (nSPS) is 15.7. The Labute approximate surface area is 120 Å². The van der Waals surface area contributed by atoms with E-state index in [4.69, 9.17) is 23.2 Å². The summed E-state index contributed by atoms with van der Waals surface area (Å²) in [4.78, 5) is 6.74. The van der Waals surface area contributed by atoms with E-state index in [2.05, 4.69) is 25.8 Å². The van der Waals surface area contributed by atoms with Gasteiger partial charge in [-0.15, -0.1) is 11.6 Å².